The summed E-state index contributed by atoms with van der Waals surface area (Å²) in [5.74, 6) is 0.462. The minimum absolute atomic E-state index is 0.158. The Morgan fingerprint density at radius 3 is 2.44 bits per heavy atom. The van der Waals surface area contributed by atoms with E-state index in [1.807, 2.05) is 6.92 Å². The fourth-order valence-corrected chi connectivity index (χ4v) is 2.24. The molecule has 2 aromatic carbocycles. The molecule has 0 spiro atoms. The Kier molecular flexibility index (Phi) is 6.87. The number of ether oxygens (including phenoxy) is 2. The van der Waals surface area contributed by atoms with E-state index >= 15 is 0 Å². The van der Waals surface area contributed by atoms with Crippen molar-refractivity contribution >= 4 is 17.3 Å². The summed E-state index contributed by atoms with van der Waals surface area (Å²) in [5, 5.41) is 15.1. The number of carbonyl (C=O) groups excluding carboxylic acids is 1. The molecule has 1 amide bonds. The Bertz CT molecular complexity index is 847. The first-order chi connectivity index (χ1) is 13.0. The van der Waals surface area contributed by atoms with E-state index < -0.39 is 4.92 Å². The number of hydrogen-bond donors (Lipinski definition) is 1. The first-order valence-corrected chi connectivity index (χ1v) is 8.36. The maximum atomic E-state index is 12.2. The second-order valence-electron chi connectivity index (χ2n) is 5.65. The Morgan fingerprint density at radius 2 is 1.85 bits per heavy atom. The molecule has 0 unspecified atom stereocenters. The van der Waals surface area contributed by atoms with Crippen LogP contribution in [-0.2, 0) is 0 Å². The highest BCUT2D eigenvalue weighted by atomic mass is 16.6. The second-order valence-corrected chi connectivity index (χ2v) is 5.65. The minimum atomic E-state index is -0.531. The SMILES string of the molecule is CCCOc1ccc(C(=O)N/N=C(\C)c2ccc(OC)c([N+](=O)[O-])c2)cc1. The van der Waals surface area contributed by atoms with Crippen LogP contribution in [0.15, 0.2) is 47.6 Å². The topological polar surface area (TPSA) is 103 Å². The van der Waals surface area contributed by atoms with Gasteiger partial charge in [-0.2, -0.15) is 5.10 Å². The van der Waals surface area contributed by atoms with Crippen LogP contribution >= 0.6 is 0 Å². The number of rotatable bonds is 8. The van der Waals surface area contributed by atoms with Gasteiger partial charge in [-0.15, -0.1) is 0 Å². The van der Waals surface area contributed by atoms with Crippen LogP contribution in [-0.4, -0.2) is 30.3 Å². The van der Waals surface area contributed by atoms with Gasteiger partial charge in [-0.3, -0.25) is 14.9 Å². The molecule has 142 valence electrons. The number of benzene rings is 2. The lowest BCUT2D eigenvalue weighted by Crippen LogP contribution is -2.19. The minimum Gasteiger partial charge on any atom is -0.494 e. The lowest BCUT2D eigenvalue weighted by molar-refractivity contribution is -0.385. The predicted octanol–water partition coefficient (Wildman–Crippen LogP) is 3.55. The van der Waals surface area contributed by atoms with E-state index in [1.165, 1.54) is 19.2 Å². The van der Waals surface area contributed by atoms with Crippen molar-refractivity contribution in [1.29, 1.82) is 0 Å². The van der Waals surface area contributed by atoms with Crippen molar-refractivity contribution in [2.45, 2.75) is 20.3 Å². The molecule has 0 aromatic heterocycles. The summed E-state index contributed by atoms with van der Waals surface area (Å²) in [7, 11) is 1.36. The number of hydrazone groups is 1. The standard InChI is InChI=1S/C19H21N3O5/c1-4-11-27-16-8-5-14(6-9-16)19(23)21-20-13(2)15-7-10-18(26-3)17(12-15)22(24)25/h5-10,12H,4,11H2,1-3H3,(H,21,23)/b20-13+. The van der Waals surface area contributed by atoms with Gasteiger partial charge in [0.15, 0.2) is 5.75 Å². The molecular weight excluding hydrogens is 350 g/mol. The molecule has 0 atom stereocenters. The molecule has 0 saturated heterocycles. The molecule has 0 aliphatic rings. The molecule has 8 nitrogen and oxygen atoms in total. The third-order valence-corrected chi connectivity index (χ3v) is 3.71. The summed E-state index contributed by atoms with van der Waals surface area (Å²) >= 11 is 0. The van der Waals surface area contributed by atoms with Crippen LogP contribution in [0, 0.1) is 10.1 Å². The molecule has 0 radical (unpaired) electrons. The van der Waals surface area contributed by atoms with Gasteiger partial charge in [-0.05, 0) is 49.7 Å². The van der Waals surface area contributed by atoms with Gasteiger partial charge in [0.2, 0.25) is 0 Å². The van der Waals surface area contributed by atoms with Gasteiger partial charge >= 0.3 is 5.69 Å². The van der Waals surface area contributed by atoms with Gasteiger partial charge < -0.3 is 9.47 Å². The molecule has 0 heterocycles. The average Bonchev–Trinajstić information content (AvgIpc) is 2.69. The number of amides is 1. The van der Waals surface area contributed by atoms with Gasteiger partial charge in [0, 0.05) is 17.2 Å². The second kappa shape index (κ2) is 9.33. The van der Waals surface area contributed by atoms with E-state index in [0.29, 0.717) is 29.2 Å². The van der Waals surface area contributed by atoms with Crippen molar-refractivity contribution in [3.8, 4) is 11.5 Å². The van der Waals surface area contributed by atoms with E-state index in [0.717, 1.165) is 6.42 Å². The van der Waals surface area contributed by atoms with E-state index in [1.54, 1.807) is 37.3 Å². The third kappa shape index (κ3) is 5.27. The zero-order valence-electron chi connectivity index (χ0n) is 15.4. The number of nitrogens with one attached hydrogen (secondary N) is 1. The van der Waals surface area contributed by atoms with Crippen molar-refractivity contribution in [2.24, 2.45) is 5.10 Å². The van der Waals surface area contributed by atoms with Crippen LogP contribution < -0.4 is 14.9 Å². The fourth-order valence-electron chi connectivity index (χ4n) is 2.24. The summed E-state index contributed by atoms with van der Waals surface area (Å²) in [6, 6.07) is 11.2. The van der Waals surface area contributed by atoms with Crippen molar-refractivity contribution in [2.75, 3.05) is 13.7 Å². The number of nitrogens with zero attached hydrogens (tertiary/aromatic N) is 2. The van der Waals surface area contributed by atoms with Crippen LogP contribution in [0.25, 0.3) is 0 Å². The van der Waals surface area contributed by atoms with Crippen LogP contribution in [0.2, 0.25) is 0 Å². The first kappa shape index (κ1) is 19.9. The summed E-state index contributed by atoms with van der Waals surface area (Å²) in [6.45, 7) is 4.27. The van der Waals surface area contributed by atoms with Crippen molar-refractivity contribution in [3.05, 3.63) is 63.7 Å². The Labute approximate surface area is 157 Å². The van der Waals surface area contributed by atoms with Crippen LogP contribution in [0.3, 0.4) is 0 Å². The van der Waals surface area contributed by atoms with E-state index in [9.17, 15) is 14.9 Å². The van der Waals surface area contributed by atoms with E-state index in [4.69, 9.17) is 9.47 Å². The molecule has 8 heteroatoms. The molecule has 0 aliphatic heterocycles. The lowest BCUT2D eigenvalue weighted by Gasteiger charge is -2.07. The van der Waals surface area contributed by atoms with Crippen LogP contribution in [0.1, 0.15) is 36.2 Å². The smallest absolute Gasteiger partial charge is 0.311 e. The van der Waals surface area contributed by atoms with Crippen molar-refractivity contribution in [3.63, 3.8) is 0 Å². The van der Waals surface area contributed by atoms with E-state index in [-0.39, 0.29) is 17.3 Å². The number of hydrogen-bond acceptors (Lipinski definition) is 6. The van der Waals surface area contributed by atoms with Crippen molar-refractivity contribution in [1.82, 2.24) is 5.43 Å². The van der Waals surface area contributed by atoms with Gasteiger partial charge in [0.25, 0.3) is 5.91 Å². The zero-order valence-corrected chi connectivity index (χ0v) is 15.4. The fraction of sp³-hybridized carbons (Fsp3) is 0.263. The Morgan fingerprint density at radius 1 is 1.19 bits per heavy atom. The largest absolute Gasteiger partial charge is 0.494 e. The molecule has 2 aromatic rings. The number of nitro groups is 1. The van der Waals surface area contributed by atoms with Gasteiger partial charge in [0.05, 0.1) is 24.4 Å². The molecule has 0 aliphatic carbocycles. The highest BCUT2D eigenvalue weighted by Crippen LogP contribution is 2.27. The summed E-state index contributed by atoms with van der Waals surface area (Å²) < 4.78 is 10.4. The number of methoxy groups -OCH3 is 1. The number of nitro benzene ring substituents is 1. The van der Waals surface area contributed by atoms with Crippen molar-refractivity contribution < 1.29 is 19.2 Å². The maximum Gasteiger partial charge on any atom is 0.311 e. The molecule has 2 rings (SSSR count). The lowest BCUT2D eigenvalue weighted by atomic mass is 10.1. The quantitative estimate of drug-likeness (QED) is 0.434. The van der Waals surface area contributed by atoms with Gasteiger partial charge in [-0.25, -0.2) is 5.43 Å². The zero-order chi connectivity index (χ0) is 19.8. The molecule has 27 heavy (non-hydrogen) atoms. The maximum absolute atomic E-state index is 12.2. The monoisotopic (exact) mass is 371 g/mol. The molecule has 1 N–H and O–H groups in total. The first-order valence-electron chi connectivity index (χ1n) is 8.36. The van der Waals surface area contributed by atoms with Crippen LogP contribution in [0.4, 0.5) is 5.69 Å². The highest BCUT2D eigenvalue weighted by molar-refractivity contribution is 6.01. The normalized spacial score (nSPS) is 11.0. The Hall–Kier alpha value is -3.42. The number of carbonyl (C=O) groups is 1. The Balaban J connectivity index is 2.09. The van der Waals surface area contributed by atoms with Crippen LogP contribution in [0.5, 0.6) is 11.5 Å². The third-order valence-electron chi connectivity index (χ3n) is 3.71. The molecule has 0 saturated carbocycles. The molecule has 0 bridgehead atoms. The predicted molar refractivity (Wildman–Crippen MR) is 102 cm³/mol. The summed E-state index contributed by atoms with van der Waals surface area (Å²) in [4.78, 5) is 22.8. The molecule has 0 fully saturated rings. The molecular formula is C19H21N3O5. The highest BCUT2D eigenvalue weighted by Gasteiger charge is 2.16. The summed E-state index contributed by atoms with van der Waals surface area (Å²) in [6.07, 6.45) is 0.903. The van der Waals surface area contributed by atoms with E-state index in [2.05, 4.69) is 10.5 Å². The van der Waals surface area contributed by atoms with Gasteiger partial charge in [-0.1, -0.05) is 6.92 Å². The van der Waals surface area contributed by atoms with Gasteiger partial charge in [0.1, 0.15) is 5.75 Å². The average molecular weight is 371 g/mol. The summed E-state index contributed by atoms with van der Waals surface area (Å²) in [5.41, 5.74) is 3.64.